The van der Waals surface area contributed by atoms with Crippen LogP contribution in [0.2, 0.25) is 0 Å². The number of nitrogens with zero attached hydrogens (tertiary/aromatic N) is 1. The number of benzene rings is 1. The molecule has 82 valence electrons. The monoisotopic (exact) mass is 294 g/mol. The lowest BCUT2D eigenvalue weighted by Gasteiger charge is -2.07. The van der Waals surface area contributed by atoms with Crippen LogP contribution < -0.4 is 0 Å². The van der Waals surface area contributed by atoms with E-state index >= 15 is 0 Å². The second kappa shape index (κ2) is 4.47. The van der Waals surface area contributed by atoms with Crippen molar-refractivity contribution in [2.45, 2.75) is 13.8 Å². The minimum Gasteiger partial charge on any atom is -0.342 e. The number of halogens is 1. The highest BCUT2D eigenvalue weighted by Gasteiger charge is 2.06. The van der Waals surface area contributed by atoms with Crippen molar-refractivity contribution in [3.63, 3.8) is 0 Å². The van der Waals surface area contributed by atoms with Crippen molar-refractivity contribution in [2.75, 3.05) is 0 Å². The molecule has 0 atom stereocenters. The summed E-state index contributed by atoms with van der Waals surface area (Å²) >= 11 is 8.60. The van der Waals surface area contributed by atoms with Crippen LogP contribution in [-0.4, -0.2) is 9.97 Å². The normalized spacial score (nSPS) is 10.4. The minimum absolute atomic E-state index is 0.592. The van der Waals surface area contributed by atoms with Gasteiger partial charge >= 0.3 is 0 Å². The van der Waals surface area contributed by atoms with Crippen molar-refractivity contribution in [2.24, 2.45) is 0 Å². The van der Waals surface area contributed by atoms with E-state index in [9.17, 15) is 0 Å². The molecule has 0 amide bonds. The standard InChI is InChI=1S/C12H11BrN2S/c1-7-5-3-4-6-9(7)11-14-8(2)10(13)12(16)15-11/h3-6H,1-2H3,(H,14,15,16). The van der Waals surface area contributed by atoms with E-state index in [2.05, 4.69) is 38.9 Å². The van der Waals surface area contributed by atoms with E-state index in [4.69, 9.17) is 12.2 Å². The Hall–Kier alpha value is -1.00. The molecule has 0 fully saturated rings. The third-order valence-corrected chi connectivity index (χ3v) is 3.96. The van der Waals surface area contributed by atoms with Crippen LogP contribution in [0.5, 0.6) is 0 Å². The molecule has 0 saturated heterocycles. The molecule has 0 unspecified atom stereocenters. The van der Waals surface area contributed by atoms with E-state index in [0.717, 1.165) is 21.6 Å². The van der Waals surface area contributed by atoms with Gasteiger partial charge in [-0.2, -0.15) is 0 Å². The van der Waals surface area contributed by atoms with Crippen LogP contribution >= 0.6 is 28.1 Å². The molecule has 0 aliphatic rings. The van der Waals surface area contributed by atoms with E-state index in [1.807, 2.05) is 25.1 Å². The Morgan fingerprint density at radius 3 is 2.56 bits per heavy atom. The molecule has 1 N–H and O–H groups in total. The zero-order valence-corrected chi connectivity index (χ0v) is 11.4. The summed E-state index contributed by atoms with van der Waals surface area (Å²) in [7, 11) is 0. The first-order chi connectivity index (χ1) is 7.59. The van der Waals surface area contributed by atoms with Crippen molar-refractivity contribution in [3.8, 4) is 11.4 Å². The van der Waals surface area contributed by atoms with Gasteiger partial charge in [-0.25, -0.2) is 4.98 Å². The fourth-order valence-electron chi connectivity index (χ4n) is 1.54. The molecule has 0 aliphatic heterocycles. The first kappa shape index (κ1) is 11.5. The first-order valence-corrected chi connectivity index (χ1v) is 6.12. The van der Waals surface area contributed by atoms with Gasteiger partial charge in [-0.1, -0.05) is 36.5 Å². The Labute approximate surface area is 108 Å². The summed E-state index contributed by atoms with van der Waals surface area (Å²) in [5.41, 5.74) is 3.27. The molecule has 2 aromatic rings. The number of H-pyrrole nitrogens is 1. The quantitative estimate of drug-likeness (QED) is 0.799. The Kier molecular flexibility index (Phi) is 3.21. The molecule has 1 aromatic carbocycles. The molecular weight excluding hydrogens is 284 g/mol. The zero-order chi connectivity index (χ0) is 11.7. The van der Waals surface area contributed by atoms with Crippen LogP contribution in [0.15, 0.2) is 28.7 Å². The smallest absolute Gasteiger partial charge is 0.144 e. The number of rotatable bonds is 1. The molecule has 4 heteroatoms. The highest BCUT2D eigenvalue weighted by Crippen LogP contribution is 2.22. The molecule has 1 aromatic heterocycles. The summed E-state index contributed by atoms with van der Waals surface area (Å²) in [5, 5.41) is 0. The van der Waals surface area contributed by atoms with Gasteiger partial charge in [0.1, 0.15) is 10.5 Å². The van der Waals surface area contributed by atoms with Crippen LogP contribution in [0.25, 0.3) is 11.4 Å². The van der Waals surface area contributed by atoms with E-state index in [-0.39, 0.29) is 0 Å². The average molecular weight is 295 g/mol. The number of nitrogens with one attached hydrogen (secondary N) is 1. The molecular formula is C12H11BrN2S. The van der Waals surface area contributed by atoms with E-state index < -0.39 is 0 Å². The largest absolute Gasteiger partial charge is 0.342 e. The van der Waals surface area contributed by atoms with Gasteiger partial charge in [0.2, 0.25) is 0 Å². The van der Waals surface area contributed by atoms with Crippen molar-refractivity contribution < 1.29 is 0 Å². The van der Waals surface area contributed by atoms with Crippen molar-refractivity contribution in [1.29, 1.82) is 0 Å². The Balaban J connectivity index is 2.67. The van der Waals surface area contributed by atoms with Gasteiger partial charge in [0.05, 0.1) is 4.47 Å². The molecule has 0 bridgehead atoms. The van der Waals surface area contributed by atoms with Crippen LogP contribution in [-0.2, 0) is 0 Å². The molecule has 1 heterocycles. The Bertz CT molecular complexity index is 590. The molecule has 0 aliphatic carbocycles. The summed E-state index contributed by atoms with van der Waals surface area (Å²) in [6, 6.07) is 8.11. The summed E-state index contributed by atoms with van der Waals surface area (Å²) < 4.78 is 1.45. The molecule has 2 rings (SSSR count). The predicted molar refractivity (Wildman–Crippen MR) is 72.0 cm³/mol. The van der Waals surface area contributed by atoms with Gasteiger partial charge in [-0.3, -0.25) is 0 Å². The van der Waals surface area contributed by atoms with Crippen LogP contribution in [0.4, 0.5) is 0 Å². The highest BCUT2D eigenvalue weighted by molar-refractivity contribution is 9.10. The van der Waals surface area contributed by atoms with Gasteiger partial charge in [-0.05, 0) is 35.3 Å². The number of aryl methyl sites for hydroxylation is 2. The maximum Gasteiger partial charge on any atom is 0.144 e. The SMILES string of the molecule is Cc1ccccc1-c1nc(=S)c(Br)c(C)[nH]1. The van der Waals surface area contributed by atoms with Crippen molar-refractivity contribution in [3.05, 3.63) is 44.6 Å². The summed E-state index contributed by atoms with van der Waals surface area (Å²) in [4.78, 5) is 7.63. The maximum absolute atomic E-state index is 5.19. The van der Waals surface area contributed by atoms with Crippen molar-refractivity contribution >= 4 is 28.1 Å². The number of hydrogen-bond acceptors (Lipinski definition) is 2. The topological polar surface area (TPSA) is 28.7 Å². The lowest BCUT2D eigenvalue weighted by atomic mass is 10.1. The van der Waals surface area contributed by atoms with E-state index in [1.165, 1.54) is 5.56 Å². The number of hydrogen-bond donors (Lipinski definition) is 1. The lowest BCUT2D eigenvalue weighted by Crippen LogP contribution is -1.95. The van der Waals surface area contributed by atoms with Gasteiger partial charge in [0, 0.05) is 11.3 Å². The van der Waals surface area contributed by atoms with Gasteiger partial charge in [-0.15, -0.1) is 0 Å². The van der Waals surface area contributed by atoms with Gasteiger partial charge in [0.25, 0.3) is 0 Å². The molecule has 16 heavy (non-hydrogen) atoms. The maximum atomic E-state index is 5.19. The summed E-state index contributed by atoms with van der Waals surface area (Å²) in [6.45, 7) is 4.04. The van der Waals surface area contributed by atoms with Crippen molar-refractivity contribution in [1.82, 2.24) is 9.97 Å². The van der Waals surface area contributed by atoms with E-state index in [1.54, 1.807) is 0 Å². The molecule has 2 nitrogen and oxygen atoms in total. The molecule has 0 saturated carbocycles. The third-order valence-electron chi connectivity index (χ3n) is 2.44. The van der Waals surface area contributed by atoms with Gasteiger partial charge < -0.3 is 4.98 Å². The van der Waals surface area contributed by atoms with E-state index in [0.29, 0.717) is 4.64 Å². The minimum atomic E-state index is 0.592. The molecule has 0 radical (unpaired) electrons. The third kappa shape index (κ3) is 2.08. The zero-order valence-electron chi connectivity index (χ0n) is 9.04. The Morgan fingerprint density at radius 1 is 1.25 bits per heavy atom. The predicted octanol–water partition coefficient (Wildman–Crippen LogP) is 4.19. The fraction of sp³-hybridized carbons (Fsp3) is 0.167. The number of aromatic nitrogens is 2. The van der Waals surface area contributed by atoms with Crippen LogP contribution in [0.1, 0.15) is 11.3 Å². The number of aromatic amines is 1. The second-order valence-electron chi connectivity index (χ2n) is 3.64. The fourth-order valence-corrected chi connectivity index (χ4v) is 1.97. The first-order valence-electron chi connectivity index (χ1n) is 4.92. The Morgan fingerprint density at radius 2 is 1.94 bits per heavy atom. The lowest BCUT2D eigenvalue weighted by molar-refractivity contribution is 1.08. The van der Waals surface area contributed by atoms with Gasteiger partial charge in [0.15, 0.2) is 0 Å². The highest BCUT2D eigenvalue weighted by atomic mass is 79.9. The van der Waals surface area contributed by atoms with Crippen LogP contribution in [0.3, 0.4) is 0 Å². The van der Waals surface area contributed by atoms with Crippen LogP contribution in [0, 0.1) is 18.5 Å². The average Bonchev–Trinajstić information content (AvgIpc) is 2.26. The second-order valence-corrected chi connectivity index (χ2v) is 4.82. The molecule has 0 spiro atoms. The summed E-state index contributed by atoms with van der Waals surface area (Å²) in [6.07, 6.45) is 0. The summed E-state index contributed by atoms with van der Waals surface area (Å²) in [5.74, 6) is 0.823.